The van der Waals surface area contributed by atoms with Crippen molar-refractivity contribution in [2.75, 3.05) is 19.6 Å². The Bertz CT molecular complexity index is 722. The largest absolute Gasteiger partial charge is 0.341 e. The van der Waals surface area contributed by atoms with Crippen LogP contribution in [0.5, 0.6) is 0 Å². The van der Waals surface area contributed by atoms with Gasteiger partial charge in [0, 0.05) is 13.1 Å². The molecule has 148 valence electrons. The van der Waals surface area contributed by atoms with E-state index in [4.69, 9.17) is 5.73 Å². The SMILES string of the molecule is Cc1ccc(S(=O)(=O)NC(C(=O)N2CCC(C)(CN)C2)C(C)C)cc1.Cl. The van der Waals surface area contributed by atoms with Gasteiger partial charge in [0.2, 0.25) is 15.9 Å². The maximum absolute atomic E-state index is 12.9. The van der Waals surface area contributed by atoms with Crippen LogP contribution in [-0.2, 0) is 14.8 Å². The molecule has 0 radical (unpaired) electrons. The van der Waals surface area contributed by atoms with Gasteiger partial charge in [0.25, 0.3) is 0 Å². The molecule has 1 aliphatic heterocycles. The highest BCUT2D eigenvalue weighted by Crippen LogP contribution is 2.29. The fraction of sp³-hybridized carbons (Fsp3) is 0.611. The Morgan fingerprint density at radius 1 is 1.31 bits per heavy atom. The van der Waals surface area contributed by atoms with Crippen LogP contribution in [0.4, 0.5) is 0 Å². The zero-order valence-electron chi connectivity index (χ0n) is 15.9. The number of carbonyl (C=O) groups excluding carboxylic acids is 1. The summed E-state index contributed by atoms with van der Waals surface area (Å²) in [4.78, 5) is 14.8. The van der Waals surface area contributed by atoms with E-state index in [2.05, 4.69) is 11.6 Å². The number of nitrogens with one attached hydrogen (secondary N) is 1. The lowest BCUT2D eigenvalue weighted by Gasteiger charge is -2.28. The molecule has 2 unspecified atom stereocenters. The van der Waals surface area contributed by atoms with E-state index in [0.29, 0.717) is 19.6 Å². The van der Waals surface area contributed by atoms with Gasteiger partial charge >= 0.3 is 0 Å². The number of carbonyl (C=O) groups is 1. The molecule has 2 rings (SSSR count). The van der Waals surface area contributed by atoms with Crippen LogP contribution in [0.1, 0.15) is 32.8 Å². The van der Waals surface area contributed by atoms with Gasteiger partial charge in [-0.25, -0.2) is 8.42 Å². The predicted molar refractivity (Wildman–Crippen MR) is 106 cm³/mol. The first-order valence-electron chi connectivity index (χ1n) is 8.66. The van der Waals surface area contributed by atoms with E-state index in [1.54, 1.807) is 29.2 Å². The van der Waals surface area contributed by atoms with Crippen LogP contribution in [-0.4, -0.2) is 44.9 Å². The van der Waals surface area contributed by atoms with Crippen molar-refractivity contribution in [2.24, 2.45) is 17.1 Å². The molecule has 1 heterocycles. The molecule has 1 saturated heterocycles. The normalized spacial score (nSPS) is 21.5. The molecule has 1 fully saturated rings. The highest BCUT2D eigenvalue weighted by atomic mass is 35.5. The Morgan fingerprint density at radius 2 is 1.88 bits per heavy atom. The topological polar surface area (TPSA) is 92.5 Å². The van der Waals surface area contributed by atoms with Gasteiger partial charge in [-0.05, 0) is 43.4 Å². The van der Waals surface area contributed by atoms with Crippen molar-refractivity contribution >= 4 is 28.3 Å². The number of nitrogens with two attached hydrogens (primary N) is 1. The summed E-state index contributed by atoms with van der Waals surface area (Å²) in [6.07, 6.45) is 0.838. The Labute approximate surface area is 163 Å². The van der Waals surface area contributed by atoms with Gasteiger partial charge in [0.1, 0.15) is 6.04 Å². The number of likely N-dealkylation sites (tertiary alicyclic amines) is 1. The molecule has 1 aliphatic rings. The highest BCUT2D eigenvalue weighted by molar-refractivity contribution is 7.89. The summed E-state index contributed by atoms with van der Waals surface area (Å²) >= 11 is 0. The summed E-state index contributed by atoms with van der Waals surface area (Å²) in [5, 5.41) is 0. The summed E-state index contributed by atoms with van der Waals surface area (Å²) in [6, 6.07) is 5.82. The van der Waals surface area contributed by atoms with Crippen molar-refractivity contribution in [3.05, 3.63) is 29.8 Å². The average molecular weight is 404 g/mol. The number of nitrogens with zero attached hydrogens (tertiary/aromatic N) is 1. The van der Waals surface area contributed by atoms with Crippen LogP contribution < -0.4 is 10.5 Å². The smallest absolute Gasteiger partial charge is 0.241 e. The van der Waals surface area contributed by atoms with Crippen LogP contribution in [0.3, 0.4) is 0 Å². The number of aryl methyl sites for hydroxylation is 1. The van der Waals surface area contributed by atoms with E-state index in [1.807, 2.05) is 20.8 Å². The molecule has 1 aromatic rings. The van der Waals surface area contributed by atoms with Gasteiger partial charge in [-0.15, -0.1) is 12.4 Å². The average Bonchev–Trinajstić information content (AvgIpc) is 2.95. The van der Waals surface area contributed by atoms with Gasteiger partial charge in [0.15, 0.2) is 0 Å². The second-order valence-corrected chi connectivity index (χ2v) is 9.39. The fourth-order valence-corrected chi connectivity index (χ4v) is 4.34. The summed E-state index contributed by atoms with van der Waals surface area (Å²) in [5.74, 6) is -0.333. The first-order valence-corrected chi connectivity index (χ1v) is 10.1. The molecule has 0 aromatic heterocycles. The summed E-state index contributed by atoms with van der Waals surface area (Å²) in [6.45, 7) is 9.34. The first kappa shape index (κ1) is 22.9. The molecule has 8 heteroatoms. The molecule has 0 spiro atoms. The zero-order valence-corrected chi connectivity index (χ0v) is 17.5. The number of hydrogen-bond donors (Lipinski definition) is 2. The van der Waals surface area contributed by atoms with Crippen molar-refractivity contribution in [2.45, 2.75) is 45.1 Å². The first-order chi connectivity index (χ1) is 11.6. The zero-order chi connectivity index (χ0) is 18.8. The second kappa shape index (κ2) is 8.69. The van der Waals surface area contributed by atoms with E-state index < -0.39 is 16.1 Å². The van der Waals surface area contributed by atoms with Crippen molar-refractivity contribution in [1.29, 1.82) is 0 Å². The van der Waals surface area contributed by atoms with Gasteiger partial charge in [-0.1, -0.05) is 38.5 Å². The van der Waals surface area contributed by atoms with E-state index in [9.17, 15) is 13.2 Å². The summed E-state index contributed by atoms with van der Waals surface area (Å²) in [5.41, 5.74) is 6.70. The van der Waals surface area contributed by atoms with E-state index >= 15 is 0 Å². The molecule has 2 atom stereocenters. The molecule has 1 aromatic carbocycles. The molecule has 0 aliphatic carbocycles. The van der Waals surface area contributed by atoms with Crippen molar-refractivity contribution in [3.63, 3.8) is 0 Å². The molecule has 0 saturated carbocycles. The van der Waals surface area contributed by atoms with E-state index in [1.165, 1.54) is 0 Å². The predicted octanol–water partition coefficient (Wildman–Crippen LogP) is 1.92. The minimum atomic E-state index is -3.75. The van der Waals surface area contributed by atoms with Crippen LogP contribution >= 0.6 is 12.4 Å². The van der Waals surface area contributed by atoms with Gasteiger partial charge in [-0.2, -0.15) is 4.72 Å². The molecule has 1 amide bonds. The minimum Gasteiger partial charge on any atom is -0.341 e. The summed E-state index contributed by atoms with van der Waals surface area (Å²) < 4.78 is 27.9. The fourth-order valence-electron chi connectivity index (χ4n) is 3.00. The maximum Gasteiger partial charge on any atom is 0.241 e. The van der Waals surface area contributed by atoms with Gasteiger partial charge in [0.05, 0.1) is 4.90 Å². The van der Waals surface area contributed by atoms with E-state index in [0.717, 1.165) is 12.0 Å². The number of hydrogen-bond acceptors (Lipinski definition) is 4. The monoisotopic (exact) mass is 403 g/mol. The lowest BCUT2D eigenvalue weighted by Crippen LogP contribution is -2.51. The molecular formula is C18H30ClN3O3S. The molecule has 3 N–H and O–H groups in total. The van der Waals surface area contributed by atoms with Crippen LogP contribution in [0.2, 0.25) is 0 Å². The second-order valence-electron chi connectivity index (χ2n) is 7.68. The molecule has 0 bridgehead atoms. The third kappa shape index (κ3) is 5.19. The quantitative estimate of drug-likeness (QED) is 0.758. The van der Waals surface area contributed by atoms with Crippen LogP contribution in [0.25, 0.3) is 0 Å². The highest BCUT2D eigenvalue weighted by Gasteiger charge is 2.39. The standard InChI is InChI=1S/C18H29N3O3S.ClH/c1-13(2)16(17(22)21-10-9-18(4,11-19)12-21)20-25(23,24)15-7-5-14(3)6-8-15;/h5-8,13,16,20H,9-12,19H2,1-4H3;1H. The Hall–Kier alpha value is -1.15. The summed E-state index contributed by atoms with van der Waals surface area (Å²) in [7, 11) is -3.75. The lowest BCUT2D eigenvalue weighted by atomic mass is 9.90. The third-order valence-corrected chi connectivity index (χ3v) is 6.37. The minimum absolute atomic E-state index is 0. The maximum atomic E-state index is 12.9. The molecule has 26 heavy (non-hydrogen) atoms. The number of halogens is 1. The number of amides is 1. The van der Waals surface area contributed by atoms with Crippen molar-refractivity contribution in [1.82, 2.24) is 9.62 Å². The molecular weight excluding hydrogens is 374 g/mol. The lowest BCUT2D eigenvalue weighted by molar-refractivity contribution is -0.133. The van der Waals surface area contributed by atoms with Gasteiger partial charge < -0.3 is 10.6 Å². The number of sulfonamides is 1. The van der Waals surface area contributed by atoms with Crippen molar-refractivity contribution < 1.29 is 13.2 Å². The van der Waals surface area contributed by atoms with Crippen LogP contribution in [0, 0.1) is 18.3 Å². The van der Waals surface area contributed by atoms with Gasteiger partial charge in [-0.3, -0.25) is 4.79 Å². The third-order valence-electron chi connectivity index (χ3n) is 4.91. The van der Waals surface area contributed by atoms with Crippen LogP contribution in [0.15, 0.2) is 29.2 Å². The Morgan fingerprint density at radius 3 is 2.35 bits per heavy atom. The Balaban J connectivity index is 0.00000338. The number of benzene rings is 1. The van der Waals surface area contributed by atoms with Crippen molar-refractivity contribution in [3.8, 4) is 0 Å². The number of rotatable bonds is 6. The molecule has 6 nitrogen and oxygen atoms in total. The Kier molecular flexibility index (Phi) is 7.65. The van der Waals surface area contributed by atoms with E-state index in [-0.39, 0.29) is 34.5 Å².